The Morgan fingerprint density at radius 3 is 3.04 bits per heavy atom. The van der Waals surface area contributed by atoms with Gasteiger partial charge < -0.3 is 10.3 Å². The van der Waals surface area contributed by atoms with Crippen molar-refractivity contribution >= 4 is 16.9 Å². The Labute approximate surface area is 134 Å². The van der Waals surface area contributed by atoms with E-state index in [0.717, 1.165) is 35.6 Å². The van der Waals surface area contributed by atoms with Crippen molar-refractivity contribution < 1.29 is 4.79 Å². The summed E-state index contributed by atoms with van der Waals surface area (Å²) in [5.74, 6) is 1.45. The van der Waals surface area contributed by atoms with Crippen molar-refractivity contribution in [3.8, 4) is 0 Å². The van der Waals surface area contributed by atoms with Crippen molar-refractivity contribution in [1.29, 1.82) is 0 Å². The predicted molar refractivity (Wildman–Crippen MR) is 87.0 cm³/mol. The number of fused-ring (bicyclic) bond motifs is 1. The number of nitrogens with zero attached hydrogens (tertiary/aromatic N) is 4. The van der Waals surface area contributed by atoms with Crippen LogP contribution in [0.1, 0.15) is 48.3 Å². The lowest BCUT2D eigenvalue weighted by Crippen LogP contribution is -2.29. The van der Waals surface area contributed by atoms with Gasteiger partial charge in [0.15, 0.2) is 0 Å². The lowest BCUT2D eigenvalue weighted by molar-refractivity contribution is 0.0937. The largest absolute Gasteiger partial charge is 0.342 e. The minimum absolute atomic E-state index is 0.141. The number of rotatable bonds is 5. The molecule has 1 amide bonds. The van der Waals surface area contributed by atoms with Crippen LogP contribution in [-0.4, -0.2) is 30.6 Å². The van der Waals surface area contributed by atoms with E-state index in [4.69, 9.17) is 0 Å². The van der Waals surface area contributed by atoms with E-state index in [0.29, 0.717) is 5.56 Å². The number of carbonyl (C=O) groups is 1. The molecule has 2 N–H and O–H groups in total. The van der Waals surface area contributed by atoms with Gasteiger partial charge in [-0.15, -0.1) is 0 Å². The molecule has 0 aliphatic rings. The zero-order chi connectivity index (χ0) is 16.4. The molecule has 0 spiro atoms. The monoisotopic (exact) mass is 312 g/mol. The van der Waals surface area contributed by atoms with Crippen molar-refractivity contribution in [1.82, 2.24) is 30.0 Å². The number of aryl methyl sites for hydroxylation is 2. The minimum Gasteiger partial charge on any atom is -0.342 e. The Kier molecular flexibility index (Phi) is 4.10. The topological polar surface area (TPSA) is 88.5 Å². The summed E-state index contributed by atoms with van der Waals surface area (Å²) in [7, 11) is 0. The average Bonchev–Trinajstić information content (AvgIpc) is 3.11. The standard InChI is InChI=1S/C16H20N6O/c1-4-7-22-15(17-9-18-22)10(2)19-16(23)12-5-6-13-14(8-12)21-11(3)20-13/h5-6,8-10H,4,7H2,1-3H3,(H,19,23)(H,20,21)/t10-/m0/s1. The second-order valence-corrected chi connectivity index (χ2v) is 5.59. The van der Waals surface area contributed by atoms with Gasteiger partial charge in [-0.1, -0.05) is 6.92 Å². The summed E-state index contributed by atoms with van der Waals surface area (Å²) in [5.41, 5.74) is 2.31. The molecule has 0 fully saturated rings. The van der Waals surface area contributed by atoms with Crippen LogP contribution >= 0.6 is 0 Å². The number of hydrogen-bond acceptors (Lipinski definition) is 4. The van der Waals surface area contributed by atoms with E-state index in [2.05, 4.69) is 32.3 Å². The van der Waals surface area contributed by atoms with E-state index in [1.807, 2.05) is 30.7 Å². The van der Waals surface area contributed by atoms with Gasteiger partial charge in [-0.2, -0.15) is 5.10 Å². The lowest BCUT2D eigenvalue weighted by Gasteiger charge is -2.14. The summed E-state index contributed by atoms with van der Waals surface area (Å²) in [5, 5.41) is 7.16. The SMILES string of the molecule is CCCn1ncnc1[C@H](C)NC(=O)c1ccc2nc(C)[nH]c2c1. The van der Waals surface area contributed by atoms with Gasteiger partial charge in [0.05, 0.1) is 17.1 Å². The number of carbonyl (C=O) groups excluding carboxylic acids is 1. The molecule has 120 valence electrons. The van der Waals surface area contributed by atoms with Gasteiger partial charge in [-0.05, 0) is 38.5 Å². The van der Waals surface area contributed by atoms with Gasteiger partial charge in [0.25, 0.3) is 5.91 Å². The zero-order valence-electron chi connectivity index (χ0n) is 13.5. The summed E-state index contributed by atoms with van der Waals surface area (Å²) >= 11 is 0. The summed E-state index contributed by atoms with van der Waals surface area (Å²) in [4.78, 5) is 24.2. The van der Waals surface area contributed by atoms with Crippen LogP contribution in [0, 0.1) is 6.92 Å². The molecule has 0 unspecified atom stereocenters. The molecular weight excluding hydrogens is 292 g/mol. The number of aromatic nitrogens is 5. The third-order valence-corrected chi connectivity index (χ3v) is 3.68. The first-order valence-electron chi connectivity index (χ1n) is 7.73. The van der Waals surface area contributed by atoms with Gasteiger partial charge in [-0.25, -0.2) is 14.6 Å². The van der Waals surface area contributed by atoms with E-state index in [9.17, 15) is 4.79 Å². The van der Waals surface area contributed by atoms with Crippen molar-refractivity contribution in [2.24, 2.45) is 0 Å². The van der Waals surface area contributed by atoms with Crippen LogP contribution in [0.4, 0.5) is 0 Å². The molecule has 0 saturated heterocycles. The van der Waals surface area contributed by atoms with E-state index in [1.165, 1.54) is 6.33 Å². The molecule has 0 bridgehead atoms. The quantitative estimate of drug-likeness (QED) is 0.757. The fraction of sp³-hybridized carbons (Fsp3) is 0.375. The van der Waals surface area contributed by atoms with Gasteiger partial charge in [0, 0.05) is 12.1 Å². The fourth-order valence-corrected chi connectivity index (χ4v) is 2.62. The predicted octanol–water partition coefficient (Wildman–Crippen LogP) is 2.36. The summed E-state index contributed by atoms with van der Waals surface area (Å²) in [6.07, 6.45) is 2.49. The van der Waals surface area contributed by atoms with Gasteiger partial charge in [0.2, 0.25) is 0 Å². The van der Waals surface area contributed by atoms with Crippen LogP contribution < -0.4 is 5.32 Å². The molecule has 0 radical (unpaired) electrons. The number of H-pyrrole nitrogens is 1. The normalized spacial score (nSPS) is 12.5. The van der Waals surface area contributed by atoms with Gasteiger partial charge in [-0.3, -0.25) is 4.79 Å². The van der Waals surface area contributed by atoms with Crippen LogP contribution in [0.25, 0.3) is 11.0 Å². The minimum atomic E-state index is -0.212. The molecule has 2 heterocycles. The van der Waals surface area contributed by atoms with Crippen molar-refractivity contribution in [3.63, 3.8) is 0 Å². The number of aromatic amines is 1. The van der Waals surface area contributed by atoms with Crippen LogP contribution in [0.15, 0.2) is 24.5 Å². The Hall–Kier alpha value is -2.70. The van der Waals surface area contributed by atoms with Crippen LogP contribution in [0.2, 0.25) is 0 Å². The number of amides is 1. The molecular formula is C16H20N6O. The first kappa shape index (κ1) is 15.2. The molecule has 1 atom stereocenters. The molecule has 2 aromatic heterocycles. The van der Waals surface area contributed by atoms with E-state index in [-0.39, 0.29) is 11.9 Å². The first-order valence-corrected chi connectivity index (χ1v) is 7.73. The molecule has 0 saturated carbocycles. The number of benzene rings is 1. The highest BCUT2D eigenvalue weighted by Crippen LogP contribution is 2.15. The third-order valence-electron chi connectivity index (χ3n) is 3.68. The maximum atomic E-state index is 12.5. The van der Waals surface area contributed by atoms with Crippen molar-refractivity contribution in [2.75, 3.05) is 0 Å². The Bertz CT molecular complexity index is 834. The first-order chi connectivity index (χ1) is 11.1. The van der Waals surface area contributed by atoms with Crippen LogP contribution in [0.3, 0.4) is 0 Å². The van der Waals surface area contributed by atoms with E-state index >= 15 is 0 Å². The maximum absolute atomic E-state index is 12.5. The molecule has 0 aliphatic heterocycles. The highest BCUT2D eigenvalue weighted by Gasteiger charge is 2.17. The highest BCUT2D eigenvalue weighted by atomic mass is 16.1. The Balaban J connectivity index is 1.77. The molecule has 3 aromatic rings. The molecule has 3 rings (SSSR count). The van der Waals surface area contributed by atoms with Crippen molar-refractivity contribution in [2.45, 2.75) is 39.8 Å². The van der Waals surface area contributed by atoms with Crippen molar-refractivity contribution in [3.05, 3.63) is 41.7 Å². The summed E-state index contributed by atoms with van der Waals surface area (Å²) < 4.78 is 1.83. The Morgan fingerprint density at radius 2 is 2.26 bits per heavy atom. The van der Waals surface area contributed by atoms with Gasteiger partial charge in [0.1, 0.15) is 18.0 Å². The number of hydrogen-bond donors (Lipinski definition) is 2. The lowest BCUT2D eigenvalue weighted by atomic mass is 10.1. The van der Waals surface area contributed by atoms with Gasteiger partial charge >= 0.3 is 0 Å². The molecule has 23 heavy (non-hydrogen) atoms. The maximum Gasteiger partial charge on any atom is 0.251 e. The second-order valence-electron chi connectivity index (χ2n) is 5.59. The van der Waals surface area contributed by atoms with E-state index in [1.54, 1.807) is 6.07 Å². The molecule has 7 heteroatoms. The van der Waals surface area contributed by atoms with Crippen LogP contribution in [0.5, 0.6) is 0 Å². The average molecular weight is 312 g/mol. The third kappa shape index (κ3) is 3.08. The molecule has 7 nitrogen and oxygen atoms in total. The van der Waals surface area contributed by atoms with E-state index < -0.39 is 0 Å². The fourth-order valence-electron chi connectivity index (χ4n) is 2.62. The second kappa shape index (κ2) is 6.20. The number of imidazole rings is 1. The molecule has 1 aromatic carbocycles. The number of nitrogens with one attached hydrogen (secondary N) is 2. The zero-order valence-corrected chi connectivity index (χ0v) is 13.5. The van der Waals surface area contributed by atoms with Crippen LogP contribution in [-0.2, 0) is 6.54 Å². The summed E-state index contributed by atoms with van der Waals surface area (Å²) in [6, 6.07) is 5.23. The molecule has 0 aliphatic carbocycles. The Morgan fingerprint density at radius 1 is 1.43 bits per heavy atom. The highest BCUT2D eigenvalue weighted by molar-refractivity contribution is 5.97. The summed E-state index contributed by atoms with van der Waals surface area (Å²) in [6.45, 7) is 6.67. The smallest absolute Gasteiger partial charge is 0.251 e.